The molecule has 1 fully saturated rings. The van der Waals surface area contributed by atoms with Gasteiger partial charge in [-0.15, -0.1) is 4.85 Å². The van der Waals surface area contributed by atoms with E-state index in [1.54, 1.807) is 6.07 Å². The van der Waals surface area contributed by atoms with Gasteiger partial charge in [-0.05, 0) is 59.7 Å². The SMILES string of the molecule is [O-][n+]1c2ccccc2nn1-c1ccc(OCCCN2CCN(c3ccccc3)CC2)cc1. The predicted molar refractivity (Wildman–Crippen MR) is 125 cm³/mol. The van der Waals surface area contributed by atoms with Gasteiger partial charge < -0.3 is 14.8 Å². The molecule has 3 aromatic carbocycles. The summed E-state index contributed by atoms with van der Waals surface area (Å²) in [5, 5.41) is 16.8. The van der Waals surface area contributed by atoms with E-state index in [2.05, 4.69) is 45.2 Å². The molecular formula is C25H27N5O2. The van der Waals surface area contributed by atoms with Crippen molar-refractivity contribution in [1.82, 2.24) is 14.8 Å². The standard InChI is InChI=1S/C25H27N5O2/c31-30-25-10-5-4-9-24(25)26-29(30)22-11-13-23(14-12-22)32-20-6-15-27-16-18-28(19-17-27)21-7-2-1-3-8-21/h1-5,7-14H,6,15-20H2. The lowest BCUT2D eigenvalue weighted by Crippen LogP contribution is -2.46. The van der Waals surface area contributed by atoms with Crippen LogP contribution in [0.1, 0.15) is 6.42 Å². The Morgan fingerprint density at radius 1 is 0.812 bits per heavy atom. The van der Waals surface area contributed by atoms with Crippen LogP contribution < -0.4 is 14.5 Å². The van der Waals surface area contributed by atoms with Gasteiger partial charge in [0, 0.05) is 38.4 Å². The fraction of sp³-hybridized carbons (Fsp3) is 0.280. The van der Waals surface area contributed by atoms with Gasteiger partial charge in [0.15, 0.2) is 0 Å². The summed E-state index contributed by atoms with van der Waals surface area (Å²) in [6.07, 6.45) is 0.984. The number of aromatic nitrogens is 3. The molecule has 2 heterocycles. The van der Waals surface area contributed by atoms with Crippen molar-refractivity contribution in [3.63, 3.8) is 0 Å². The summed E-state index contributed by atoms with van der Waals surface area (Å²) in [6.45, 7) is 6.00. The maximum Gasteiger partial charge on any atom is 0.250 e. The summed E-state index contributed by atoms with van der Waals surface area (Å²) in [6, 6.07) is 25.4. The van der Waals surface area contributed by atoms with E-state index in [4.69, 9.17) is 4.74 Å². The number of anilines is 1. The van der Waals surface area contributed by atoms with Gasteiger partial charge in [-0.25, -0.2) is 0 Å². The summed E-state index contributed by atoms with van der Waals surface area (Å²) < 4.78 is 5.92. The molecule has 0 N–H and O–H groups in total. The molecule has 0 radical (unpaired) electrons. The zero-order valence-electron chi connectivity index (χ0n) is 18.0. The summed E-state index contributed by atoms with van der Waals surface area (Å²) >= 11 is 0. The minimum Gasteiger partial charge on any atom is -0.692 e. The highest BCUT2D eigenvalue weighted by atomic mass is 16.5. The molecule has 32 heavy (non-hydrogen) atoms. The first kappa shape index (κ1) is 20.3. The second-order valence-electron chi connectivity index (χ2n) is 8.01. The molecule has 1 saturated heterocycles. The Bertz CT molecular complexity index is 1150. The van der Waals surface area contributed by atoms with E-state index in [9.17, 15) is 5.21 Å². The van der Waals surface area contributed by atoms with Crippen molar-refractivity contribution in [2.45, 2.75) is 6.42 Å². The molecule has 0 bridgehead atoms. The van der Waals surface area contributed by atoms with Gasteiger partial charge in [0.25, 0.3) is 0 Å². The topological polar surface area (TPSA) is 60.5 Å². The molecule has 0 unspecified atom stereocenters. The van der Waals surface area contributed by atoms with Crippen LogP contribution in [0.4, 0.5) is 5.69 Å². The summed E-state index contributed by atoms with van der Waals surface area (Å²) in [4.78, 5) is 7.12. The molecule has 0 saturated carbocycles. The third-order valence-electron chi connectivity index (χ3n) is 5.91. The lowest BCUT2D eigenvalue weighted by atomic mass is 10.2. The zero-order valence-corrected chi connectivity index (χ0v) is 18.0. The van der Waals surface area contributed by atoms with Crippen LogP contribution in [0.2, 0.25) is 0 Å². The van der Waals surface area contributed by atoms with Gasteiger partial charge in [0.2, 0.25) is 11.0 Å². The number of hydrogen-bond donors (Lipinski definition) is 0. The van der Waals surface area contributed by atoms with Crippen LogP contribution in [0.5, 0.6) is 5.75 Å². The van der Waals surface area contributed by atoms with E-state index in [1.807, 2.05) is 42.5 Å². The van der Waals surface area contributed by atoms with Gasteiger partial charge >= 0.3 is 0 Å². The Morgan fingerprint density at radius 2 is 1.53 bits per heavy atom. The van der Waals surface area contributed by atoms with Crippen molar-refractivity contribution in [3.05, 3.63) is 84.1 Å². The number of piperazine rings is 1. The number of ether oxygens (including phenoxy) is 1. The summed E-state index contributed by atoms with van der Waals surface area (Å²) in [5.74, 6) is 0.803. The molecule has 1 aliphatic heterocycles. The zero-order chi connectivity index (χ0) is 21.8. The first-order chi connectivity index (χ1) is 15.8. The van der Waals surface area contributed by atoms with Crippen LogP contribution in [-0.4, -0.2) is 54.1 Å². The highest BCUT2D eigenvalue weighted by Gasteiger charge is 2.17. The fourth-order valence-corrected chi connectivity index (χ4v) is 4.14. The molecule has 1 aliphatic rings. The number of fused-ring (bicyclic) bond motifs is 1. The van der Waals surface area contributed by atoms with Gasteiger partial charge in [-0.1, -0.05) is 30.3 Å². The first-order valence-corrected chi connectivity index (χ1v) is 11.1. The van der Waals surface area contributed by atoms with Crippen LogP contribution in [0.3, 0.4) is 0 Å². The number of rotatable bonds is 7. The average molecular weight is 430 g/mol. The van der Waals surface area contributed by atoms with Crippen molar-refractivity contribution in [3.8, 4) is 11.4 Å². The second-order valence-corrected chi connectivity index (χ2v) is 8.01. The summed E-state index contributed by atoms with van der Waals surface area (Å²) in [7, 11) is 0. The maximum atomic E-state index is 12.5. The van der Waals surface area contributed by atoms with E-state index < -0.39 is 0 Å². The van der Waals surface area contributed by atoms with Crippen LogP contribution >= 0.6 is 0 Å². The maximum absolute atomic E-state index is 12.5. The molecule has 164 valence electrons. The minimum absolute atomic E-state index is 0.553. The van der Waals surface area contributed by atoms with Gasteiger partial charge in [0.1, 0.15) is 11.4 Å². The lowest BCUT2D eigenvalue weighted by Gasteiger charge is -2.36. The van der Waals surface area contributed by atoms with Crippen LogP contribution in [0.25, 0.3) is 16.7 Å². The molecule has 1 aromatic heterocycles. The van der Waals surface area contributed by atoms with E-state index in [0.29, 0.717) is 23.3 Å². The molecule has 0 aliphatic carbocycles. The summed E-state index contributed by atoms with van der Waals surface area (Å²) in [5.41, 5.74) is 3.24. The molecule has 0 amide bonds. The van der Waals surface area contributed by atoms with Crippen LogP contribution in [0.15, 0.2) is 78.9 Å². The Morgan fingerprint density at radius 3 is 2.28 bits per heavy atom. The van der Waals surface area contributed by atoms with E-state index in [1.165, 1.54) is 10.5 Å². The first-order valence-electron chi connectivity index (χ1n) is 11.1. The molecule has 0 spiro atoms. The van der Waals surface area contributed by atoms with Crippen molar-refractivity contribution < 1.29 is 9.58 Å². The normalized spacial score (nSPS) is 14.7. The van der Waals surface area contributed by atoms with Crippen molar-refractivity contribution >= 4 is 16.7 Å². The molecule has 7 heteroatoms. The Hall–Kier alpha value is -3.58. The largest absolute Gasteiger partial charge is 0.692 e. The average Bonchev–Trinajstić information content (AvgIpc) is 3.20. The molecule has 7 nitrogen and oxygen atoms in total. The van der Waals surface area contributed by atoms with E-state index in [0.717, 1.165) is 49.7 Å². The number of hydrogen-bond acceptors (Lipinski definition) is 5. The Kier molecular flexibility index (Phi) is 5.89. The molecule has 0 atom stereocenters. The van der Waals surface area contributed by atoms with E-state index >= 15 is 0 Å². The fourth-order valence-electron chi connectivity index (χ4n) is 4.14. The monoisotopic (exact) mass is 429 g/mol. The molecular weight excluding hydrogens is 402 g/mol. The highest BCUT2D eigenvalue weighted by molar-refractivity contribution is 5.70. The third-order valence-corrected chi connectivity index (χ3v) is 5.91. The van der Waals surface area contributed by atoms with Gasteiger partial charge in [0.05, 0.1) is 11.7 Å². The highest BCUT2D eigenvalue weighted by Crippen LogP contribution is 2.17. The number of benzene rings is 3. The molecule has 5 rings (SSSR count). The number of para-hydroxylation sites is 2. The number of nitrogens with zero attached hydrogens (tertiary/aromatic N) is 5. The van der Waals surface area contributed by atoms with Crippen molar-refractivity contribution in [1.29, 1.82) is 0 Å². The third kappa shape index (κ3) is 4.38. The van der Waals surface area contributed by atoms with Crippen molar-refractivity contribution in [2.75, 3.05) is 44.2 Å². The molecule has 4 aromatic rings. The van der Waals surface area contributed by atoms with Crippen LogP contribution in [0, 0.1) is 5.21 Å². The Labute approximate surface area is 187 Å². The van der Waals surface area contributed by atoms with Crippen molar-refractivity contribution in [2.24, 2.45) is 0 Å². The van der Waals surface area contributed by atoms with Crippen LogP contribution in [-0.2, 0) is 0 Å². The lowest BCUT2D eigenvalue weighted by molar-refractivity contribution is -0.664. The van der Waals surface area contributed by atoms with Gasteiger partial charge in [-0.3, -0.25) is 4.90 Å². The minimum atomic E-state index is 0.553. The van der Waals surface area contributed by atoms with E-state index in [-0.39, 0.29) is 0 Å². The second kappa shape index (κ2) is 9.28. The quantitative estimate of drug-likeness (QED) is 0.256. The smallest absolute Gasteiger partial charge is 0.250 e. The Balaban J connectivity index is 1.08. The predicted octanol–water partition coefficient (Wildman–Crippen LogP) is 3.25. The van der Waals surface area contributed by atoms with Gasteiger partial charge in [-0.2, -0.15) is 0 Å².